The zero-order valence-corrected chi connectivity index (χ0v) is 18.5. The maximum absolute atomic E-state index is 12.7. The maximum atomic E-state index is 12.7. The lowest BCUT2D eigenvalue weighted by Crippen LogP contribution is -2.37. The fourth-order valence-electron chi connectivity index (χ4n) is 4.00. The molecule has 7 heteroatoms. The highest BCUT2D eigenvalue weighted by atomic mass is 16.2. The summed E-state index contributed by atoms with van der Waals surface area (Å²) in [6, 6.07) is 10.2. The third-order valence-electron chi connectivity index (χ3n) is 6.02. The number of nitrogens with one attached hydrogen (secondary N) is 1. The van der Waals surface area contributed by atoms with Gasteiger partial charge in [0.2, 0.25) is 11.8 Å². The van der Waals surface area contributed by atoms with Crippen molar-refractivity contribution >= 4 is 24.2 Å². The zero-order chi connectivity index (χ0) is 22.4. The van der Waals surface area contributed by atoms with Crippen molar-refractivity contribution < 1.29 is 9.59 Å². The summed E-state index contributed by atoms with van der Waals surface area (Å²) in [4.78, 5) is 30.8. The molecule has 1 aliphatic heterocycles. The molecule has 1 N–H and O–H groups in total. The van der Waals surface area contributed by atoms with E-state index in [1.165, 1.54) is 5.56 Å². The molecule has 0 saturated carbocycles. The number of carbonyl (C=O) groups is 2. The molecule has 1 aromatic heterocycles. The highest BCUT2D eigenvalue weighted by molar-refractivity contribution is 6.70. The van der Waals surface area contributed by atoms with Gasteiger partial charge >= 0.3 is 0 Å². The van der Waals surface area contributed by atoms with Crippen LogP contribution in [-0.4, -0.2) is 42.0 Å². The molecule has 0 spiro atoms. The fourth-order valence-corrected chi connectivity index (χ4v) is 4.00. The van der Waals surface area contributed by atoms with Crippen LogP contribution in [0.3, 0.4) is 0 Å². The molecule has 0 bridgehead atoms. The number of piperidine rings is 1. The molecule has 1 aliphatic rings. The Labute approximate surface area is 184 Å². The van der Waals surface area contributed by atoms with Gasteiger partial charge in [-0.15, -0.1) is 0 Å². The molecular weight excluding hydrogens is 387 g/mol. The lowest BCUT2D eigenvalue weighted by atomic mass is 9.43. The molecule has 1 unspecified atom stereocenters. The van der Waals surface area contributed by atoms with Gasteiger partial charge in [0.15, 0.2) is 0 Å². The summed E-state index contributed by atoms with van der Waals surface area (Å²) in [7, 11) is 1.80. The molecule has 1 saturated heterocycles. The Morgan fingerprint density at radius 2 is 2.16 bits per heavy atom. The first-order valence-electron chi connectivity index (χ1n) is 10.9. The second-order valence-electron chi connectivity index (χ2n) is 8.40. The van der Waals surface area contributed by atoms with E-state index in [1.54, 1.807) is 11.9 Å². The third-order valence-corrected chi connectivity index (χ3v) is 6.02. The molecule has 31 heavy (non-hydrogen) atoms. The number of anilines is 1. The molecule has 0 aliphatic carbocycles. The van der Waals surface area contributed by atoms with Crippen LogP contribution in [0.2, 0.25) is 12.6 Å². The van der Waals surface area contributed by atoms with Crippen LogP contribution in [0.4, 0.5) is 5.69 Å². The number of rotatable bonds is 7. The number of likely N-dealkylation sites (tertiary alicyclic amines) is 1. The molecule has 0 radical (unpaired) electrons. The Bertz CT molecular complexity index is 1000. The van der Waals surface area contributed by atoms with Gasteiger partial charge in [0.1, 0.15) is 0 Å². The largest absolute Gasteiger partial charge is 0.346 e. The zero-order valence-electron chi connectivity index (χ0n) is 18.5. The number of carbonyl (C=O) groups excluding carboxylic acids is 2. The first-order chi connectivity index (χ1) is 14.9. The van der Waals surface area contributed by atoms with E-state index < -0.39 is 6.71 Å². The van der Waals surface area contributed by atoms with Crippen molar-refractivity contribution in [2.75, 3.05) is 18.9 Å². The number of hydrogen-bond donors (Lipinski definition) is 1. The van der Waals surface area contributed by atoms with E-state index in [2.05, 4.69) is 35.3 Å². The minimum atomic E-state index is -0.404. The van der Waals surface area contributed by atoms with E-state index in [-0.39, 0.29) is 24.1 Å². The smallest absolute Gasteiger partial charge is 0.277 e. The Hall–Kier alpha value is -3.14. The van der Waals surface area contributed by atoms with Gasteiger partial charge in [-0.1, -0.05) is 37.5 Å². The number of aryl methyl sites for hydroxylation is 2. The topological polar surface area (TPSA) is 86.1 Å². The van der Waals surface area contributed by atoms with Crippen molar-refractivity contribution in [1.82, 2.24) is 9.88 Å². The lowest BCUT2D eigenvalue weighted by molar-refractivity contribution is -0.133. The Kier molecular flexibility index (Phi) is 7.46. The summed E-state index contributed by atoms with van der Waals surface area (Å²) in [6.45, 7) is 4.28. The molecule has 2 amide bonds. The van der Waals surface area contributed by atoms with E-state index in [0.29, 0.717) is 25.0 Å². The second kappa shape index (κ2) is 10.3. The molecule has 2 aromatic rings. The van der Waals surface area contributed by atoms with Crippen molar-refractivity contribution in [1.29, 1.82) is 5.26 Å². The molecule has 1 atom stereocenters. The molecule has 3 rings (SSSR count). The Morgan fingerprint density at radius 3 is 2.87 bits per heavy atom. The SMILES string of the molecule is CCc1cccc(-c2cnc(C)c(NC(=O)CB(C#N)CC3CCN(C)C(=O)C3)c2)c1. The van der Waals surface area contributed by atoms with Crippen LogP contribution in [0.1, 0.15) is 31.0 Å². The number of amides is 2. The molecule has 160 valence electrons. The summed E-state index contributed by atoms with van der Waals surface area (Å²) >= 11 is 0. The average Bonchev–Trinajstić information content (AvgIpc) is 2.77. The average molecular weight is 416 g/mol. The second-order valence-corrected chi connectivity index (χ2v) is 8.40. The number of benzene rings is 1. The van der Waals surface area contributed by atoms with Gasteiger partial charge in [0.25, 0.3) is 6.71 Å². The predicted octanol–water partition coefficient (Wildman–Crippen LogP) is 3.98. The quantitative estimate of drug-likeness (QED) is 0.692. The third kappa shape index (κ3) is 5.94. The number of pyridine rings is 1. The number of nitrogens with zero attached hydrogens (tertiary/aromatic N) is 3. The number of aromatic nitrogens is 1. The summed E-state index contributed by atoms with van der Waals surface area (Å²) < 4.78 is 0. The number of nitriles is 1. The van der Waals surface area contributed by atoms with Crippen LogP contribution in [0.15, 0.2) is 36.5 Å². The van der Waals surface area contributed by atoms with Crippen LogP contribution >= 0.6 is 0 Å². The number of hydrogen-bond acceptors (Lipinski definition) is 4. The molecule has 2 heterocycles. The monoisotopic (exact) mass is 416 g/mol. The molecule has 1 aromatic carbocycles. The van der Waals surface area contributed by atoms with Crippen molar-refractivity contribution in [2.24, 2.45) is 5.92 Å². The van der Waals surface area contributed by atoms with E-state index in [4.69, 9.17) is 0 Å². The summed E-state index contributed by atoms with van der Waals surface area (Å²) in [6.07, 6.45) is 4.79. The summed E-state index contributed by atoms with van der Waals surface area (Å²) in [5.74, 6) is 2.34. The van der Waals surface area contributed by atoms with Gasteiger partial charge in [-0.25, -0.2) is 5.26 Å². The molecule has 1 fully saturated rings. The van der Waals surface area contributed by atoms with Crippen molar-refractivity contribution in [3.8, 4) is 17.1 Å². The Balaban J connectivity index is 1.65. The Morgan fingerprint density at radius 1 is 1.35 bits per heavy atom. The van der Waals surface area contributed by atoms with E-state index in [1.807, 2.05) is 31.3 Å². The van der Waals surface area contributed by atoms with Gasteiger partial charge in [-0.3, -0.25) is 14.6 Å². The van der Waals surface area contributed by atoms with Crippen molar-refractivity contribution in [3.63, 3.8) is 0 Å². The van der Waals surface area contributed by atoms with Crippen LogP contribution < -0.4 is 5.32 Å². The highest BCUT2D eigenvalue weighted by Gasteiger charge is 2.29. The van der Waals surface area contributed by atoms with E-state index in [0.717, 1.165) is 29.7 Å². The van der Waals surface area contributed by atoms with Crippen LogP contribution in [0.5, 0.6) is 0 Å². The summed E-state index contributed by atoms with van der Waals surface area (Å²) in [5, 5.41) is 12.5. The lowest BCUT2D eigenvalue weighted by Gasteiger charge is -2.29. The van der Waals surface area contributed by atoms with Gasteiger partial charge in [0.05, 0.1) is 11.4 Å². The minimum Gasteiger partial charge on any atom is -0.346 e. The van der Waals surface area contributed by atoms with Gasteiger partial charge in [-0.2, -0.15) is 0 Å². The van der Waals surface area contributed by atoms with Crippen LogP contribution in [0.25, 0.3) is 11.1 Å². The first kappa shape index (κ1) is 22.5. The van der Waals surface area contributed by atoms with E-state index >= 15 is 0 Å². The van der Waals surface area contributed by atoms with Gasteiger partial charge < -0.3 is 10.2 Å². The maximum Gasteiger partial charge on any atom is 0.277 e. The van der Waals surface area contributed by atoms with Crippen molar-refractivity contribution in [2.45, 2.75) is 45.8 Å². The van der Waals surface area contributed by atoms with Crippen molar-refractivity contribution in [3.05, 3.63) is 47.8 Å². The fraction of sp³-hybridized carbons (Fsp3) is 0.417. The minimum absolute atomic E-state index is 0.114. The highest BCUT2D eigenvalue weighted by Crippen LogP contribution is 2.26. The molecule has 6 nitrogen and oxygen atoms in total. The van der Waals surface area contributed by atoms with Crippen LogP contribution in [0, 0.1) is 24.1 Å². The summed E-state index contributed by atoms with van der Waals surface area (Å²) in [5.41, 5.74) is 4.64. The first-order valence-corrected chi connectivity index (χ1v) is 10.9. The van der Waals surface area contributed by atoms with Crippen LogP contribution in [-0.2, 0) is 16.0 Å². The normalized spacial score (nSPS) is 16.0. The van der Waals surface area contributed by atoms with E-state index in [9.17, 15) is 14.9 Å². The predicted molar refractivity (Wildman–Crippen MR) is 124 cm³/mol. The molecular formula is C24H29BN4O2. The van der Waals surface area contributed by atoms with Gasteiger partial charge in [-0.05, 0) is 42.9 Å². The van der Waals surface area contributed by atoms with Gasteiger partial charge in [0, 0.05) is 44.1 Å². The standard InChI is InChI=1S/C24H29BN4O2/c1-4-18-6-5-7-20(10-18)21-12-22(17(2)27-15-21)28-23(30)14-25(16-26)13-19-8-9-29(3)24(31)11-19/h5-7,10,12,15,19H,4,8-9,11,13-14H2,1-3H3,(H,28,30).